The molecular weight excluding hydrogens is 330 g/mol. The van der Waals surface area contributed by atoms with Gasteiger partial charge in [-0.05, 0) is 29.8 Å². The highest BCUT2D eigenvalue weighted by molar-refractivity contribution is 9.10. The normalized spacial score (nSPS) is 9.95. The third-order valence-corrected chi connectivity index (χ3v) is 3.23. The van der Waals surface area contributed by atoms with Crippen LogP contribution in [0.5, 0.6) is 0 Å². The number of carbonyl (C=O) groups excluding carboxylic acids is 1. The van der Waals surface area contributed by atoms with Crippen LogP contribution in [0.15, 0.2) is 59.7 Å². The minimum atomic E-state index is -0.0904. The number of rotatable bonds is 6. The summed E-state index contributed by atoms with van der Waals surface area (Å²) >= 11 is 3.39. The van der Waals surface area contributed by atoms with Gasteiger partial charge in [-0.2, -0.15) is 0 Å². The van der Waals surface area contributed by atoms with Crippen LogP contribution in [0.4, 0.5) is 11.5 Å². The number of pyridine rings is 1. The zero-order chi connectivity index (χ0) is 15.1. The van der Waals surface area contributed by atoms with Gasteiger partial charge in [-0.1, -0.05) is 34.1 Å². The fourth-order valence-corrected chi connectivity index (χ4v) is 2.23. The van der Waals surface area contributed by atoms with Crippen molar-refractivity contribution in [3.05, 3.63) is 65.3 Å². The lowest BCUT2D eigenvalue weighted by Gasteiger charge is -2.07. The number of carbonyl (C=O) groups is 1. The van der Waals surface area contributed by atoms with Crippen molar-refractivity contribution < 1.29 is 4.79 Å². The van der Waals surface area contributed by atoms with Crippen LogP contribution in [-0.2, 0) is 11.2 Å². The lowest BCUT2D eigenvalue weighted by molar-refractivity contribution is -0.115. The smallest absolute Gasteiger partial charge is 0.229 e. The van der Waals surface area contributed by atoms with Gasteiger partial charge in [0.25, 0.3) is 0 Å². The maximum Gasteiger partial charge on any atom is 0.229 e. The molecule has 0 bridgehead atoms. The third-order valence-electron chi connectivity index (χ3n) is 2.74. The minimum absolute atomic E-state index is 0.0904. The zero-order valence-electron chi connectivity index (χ0n) is 11.5. The number of hydrogen-bond acceptors (Lipinski definition) is 3. The van der Waals surface area contributed by atoms with Crippen molar-refractivity contribution in [3.8, 4) is 0 Å². The topological polar surface area (TPSA) is 54.0 Å². The van der Waals surface area contributed by atoms with Crippen molar-refractivity contribution in [2.24, 2.45) is 0 Å². The van der Waals surface area contributed by atoms with Crippen LogP contribution in [0, 0.1) is 0 Å². The summed E-state index contributed by atoms with van der Waals surface area (Å²) in [5.41, 5.74) is 1.84. The second-order valence-corrected chi connectivity index (χ2v) is 5.37. The maximum atomic E-state index is 12.0. The van der Waals surface area contributed by atoms with Gasteiger partial charge in [0.1, 0.15) is 5.82 Å². The van der Waals surface area contributed by atoms with E-state index >= 15 is 0 Å². The van der Waals surface area contributed by atoms with Gasteiger partial charge in [0.05, 0.1) is 18.3 Å². The van der Waals surface area contributed by atoms with Crippen molar-refractivity contribution in [1.82, 2.24) is 4.98 Å². The average Bonchev–Trinajstić information content (AvgIpc) is 2.46. The van der Waals surface area contributed by atoms with E-state index in [0.717, 1.165) is 15.7 Å². The van der Waals surface area contributed by atoms with Gasteiger partial charge >= 0.3 is 0 Å². The second kappa shape index (κ2) is 7.59. The molecule has 1 amide bonds. The lowest BCUT2D eigenvalue weighted by atomic mass is 10.1. The van der Waals surface area contributed by atoms with Crippen LogP contribution in [-0.4, -0.2) is 17.4 Å². The first-order chi connectivity index (χ1) is 10.2. The van der Waals surface area contributed by atoms with Gasteiger partial charge in [-0.3, -0.25) is 4.79 Å². The molecule has 0 aliphatic heterocycles. The molecule has 108 valence electrons. The first-order valence-corrected chi connectivity index (χ1v) is 7.32. The Hall–Kier alpha value is -2.14. The highest BCUT2D eigenvalue weighted by Gasteiger charge is 2.05. The summed E-state index contributed by atoms with van der Waals surface area (Å²) in [6.45, 7) is 4.31. The Bertz CT molecular complexity index is 626. The van der Waals surface area contributed by atoms with Gasteiger partial charge in [0.2, 0.25) is 5.91 Å². The highest BCUT2D eigenvalue weighted by Crippen LogP contribution is 2.13. The van der Waals surface area contributed by atoms with Crippen LogP contribution in [0.25, 0.3) is 0 Å². The second-order valence-electron chi connectivity index (χ2n) is 4.46. The summed E-state index contributed by atoms with van der Waals surface area (Å²) in [5, 5.41) is 5.90. The predicted octanol–water partition coefficient (Wildman–Crippen LogP) is 3.62. The molecule has 1 aromatic carbocycles. The molecule has 0 spiro atoms. The third kappa shape index (κ3) is 5.04. The van der Waals surface area contributed by atoms with Crippen molar-refractivity contribution in [1.29, 1.82) is 0 Å². The van der Waals surface area contributed by atoms with Gasteiger partial charge in [0, 0.05) is 11.0 Å². The number of amides is 1. The number of benzene rings is 1. The van der Waals surface area contributed by atoms with Crippen LogP contribution in [0.1, 0.15) is 5.56 Å². The van der Waals surface area contributed by atoms with E-state index in [9.17, 15) is 4.79 Å². The summed E-state index contributed by atoms with van der Waals surface area (Å²) in [6.07, 6.45) is 3.77. The van der Waals surface area contributed by atoms with E-state index in [1.165, 1.54) is 0 Å². The molecule has 2 rings (SSSR count). The largest absolute Gasteiger partial charge is 0.380 e. The number of anilines is 2. The molecule has 2 N–H and O–H groups in total. The van der Waals surface area contributed by atoms with E-state index in [4.69, 9.17) is 0 Å². The Balaban J connectivity index is 1.91. The number of nitrogens with one attached hydrogen (secondary N) is 2. The number of hydrogen-bond donors (Lipinski definition) is 2. The SMILES string of the molecule is C=CCNc1ccc(NC(=O)Cc2cccc(Br)c2)nc1. The first kappa shape index (κ1) is 15.3. The van der Waals surface area contributed by atoms with E-state index in [0.29, 0.717) is 18.8 Å². The van der Waals surface area contributed by atoms with Crippen molar-refractivity contribution >= 4 is 33.3 Å². The van der Waals surface area contributed by atoms with Crippen LogP contribution in [0.2, 0.25) is 0 Å². The Morgan fingerprint density at radius 3 is 2.86 bits per heavy atom. The summed E-state index contributed by atoms with van der Waals surface area (Å²) < 4.78 is 0.962. The van der Waals surface area contributed by atoms with Crippen molar-refractivity contribution in [3.63, 3.8) is 0 Å². The zero-order valence-corrected chi connectivity index (χ0v) is 13.1. The Labute approximate surface area is 132 Å². The molecule has 1 aromatic heterocycles. The monoisotopic (exact) mass is 345 g/mol. The molecule has 21 heavy (non-hydrogen) atoms. The van der Waals surface area contributed by atoms with E-state index in [-0.39, 0.29) is 5.91 Å². The molecule has 0 radical (unpaired) electrons. The molecule has 1 heterocycles. The van der Waals surface area contributed by atoms with E-state index < -0.39 is 0 Å². The molecule has 0 aliphatic rings. The Morgan fingerprint density at radius 2 is 2.19 bits per heavy atom. The quantitative estimate of drug-likeness (QED) is 0.786. The van der Waals surface area contributed by atoms with Gasteiger partial charge in [-0.15, -0.1) is 6.58 Å². The van der Waals surface area contributed by atoms with E-state index in [1.54, 1.807) is 18.3 Å². The maximum absolute atomic E-state index is 12.0. The average molecular weight is 346 g/mol. The Kier molecular flexibility index (Phi) is 5.51. The summed E-state index contributed by atoms with van der Waals surface area (Å²) in [6, 6.07) is 11.3. The molecule has 0 fully saturated rings. The fraction of sp³-hybridized carbons (Fsp3) is 0.125. The first-order valence-electron chi connectivity index (χ1n) is 6.52. The molecule has 0 saturated heterocycles. The standard InChI is InChI=1S/C16H16BrN3O/c1-2-8-18-14-6-7-15(19-11-14)20-16(21)10-12-4-3-5-13(17)9-12/h2-7,9,11,18H,1,8,10H2,(H,19,20,21). The predicted molar refractivity (Wildman–Crippen MR) is 89.4 cm³/mol. The summed E-state index contributed by atoms with van der Waals surface area (Å²) in [7, 11) is 0. The minimum Gasteiger partial charge on any atom is -0.380 e. The molecule has 0 saturated carbocycles. The van der Waals surface area contributed by atoms with Crippen LogP contribution >= 0.6 is 15.9 Å². The fourth-order valence-electron chi connectivity index (χ4n) is 1.78. The summed E-state index contributed by atoms with van der Waals surface area (Å²) in [4.78, 5) is 16.1. The summed E-state index contributed by atoms with van der Waals surface area (Å²) in [5.74, 6) is 0.451. The van der Waals surface area contributed by atoms with Gasteiger partial charge in [-0.25, -0.2) is 4.98 Å². The van der Waals surface area contributed by atoms with E-state index in [1.807, 2.05) is 30.3 Å². The molecule has 0 aliphatic carbocycles. The van der Waals surface area contributed by atoms with Crippen LogP contribution < -0.4 is 10.6 Å². The van der Waals surface area contributed by atoms with Crippen LogP contribution in [0.3, 0.4) is 0 Å². The number of halogens is 1. The van der Waals surface area contributed by atoms with Crippen molar-refractivity contribution in [2.75, 3.05) is 17.2 Å². The molecular formula is C16H16BrN3O. The molecule has 5 heteroatoms. The number of nitrogens with zero attached hydrogens (tertiary/aromatic N) is 1. The molecule has 4 nitrogen and oxygen atoms in total. The molecule has 0 atom stereocenters. The number of aromatic nitrogens is 1. The lowest BCUT2D eigenvalue weighted by Crippen LogP contribution is -2.15. The van der Waals surface area contributed by atoms with E-state index in [2.05, 4.69) is 38.1 Å². The molecule has 2 aromatic rings. The van der Waals surface area contributed by atoms with Gasteiger partial charge < -0.3 is 10.6 Å². The Morgan fingerprint density at radius 1 is 1.33 bits per heavy atom. The van der Waals surface area contributed by atoms with Gasteiger partial charge in [0.15, 0.2) is 0 Å². The highest BCUT2D eigenvalue weighted by atomic mass is 79.9. The molecule has 0 unspecified atom stereocenters. The van der Waals surface area contributed by atoms with Crippen molar-refractivity contribution in [2.45, 2.75) is 6.42 Å².